The van der Waals surface area contributed by atoms with Crippen molar-refractivity contribution < 1.29 is 14.2 Å². The van der Waals surface area contributed by atoms with E-state index < -0.39 is 0 Å². The Bertz CT molecular complexity index is 1170. The van der Waals surface area contributed by atoms with Gasteiger partial charge in [-0.3, -0.25) is 0 Å². The predicted octanol–water partition coefficient (Wildman–Crippen LogP) is 7.73. The number of hydrogen-bond donors (Lipinski definition) is 1. The van der Waals surface area contributed by atoms with Gasteiger partial charge in [0, 0.05) is 40.9 Å². The Morgan fingerprint density at radius 2 is 1.69 bits per heavy atom. The molecule has 9 heteroatoms. The van der Waals surface area contributed by atoms with Crippen LogP contribution in [0.1, 0.15) is 18.1 Å². The molecule has 186 valence electrons. The fourth-order valence-electron chi connectivity index (χ4n) is 3.80. The number of halogens is 4. The summed E-state index contributed by atoms with van der Waals surface area (Å²) in [6.45, 7) is 6.27. The van der Waals surface area contributed by atoms with Gasteiger partial charge >= 0.3 is 0 Å². The summed E-state index contributed by atoms with van der Waals surface area (Å²) in [7, 11) is 0. The molecule has 1 saturated heterocycles. The zero-order valence-corrected chi connectivity index (χ0v) is 22.3. The molecule has 0 radical (unpaired) electrons. The number of nitrogens with one attached hydrogen (secondary N) is 1. The first-order valence-corrected chi connectivity index (χ1v) is 12.8. The van der Waals surface area contributed by atoms with Crippen LogP contribution in [0.25, 0.3) is 0 Å². The topological polar surface area (TPSA) is 43.0 Å². The van der Waals surface area contributed by atoms with E-state index in [1.54, 1.807) is 12.1 Å². The van der Waals surface area contributed by atoms with E-state index >= 15 is 0 Å². The summed E-state index contributed by atoms with van der Waals surface area (Å²) < 4.78 is 17.2. The van der Waals surface area contributed by atoms with Gasteiger partial charge in [-0.05, 0) is 55.0 Å². The highest BCUT2D eigenvalue weighted by Gasteiger charge is 2.16. The summed E-state index contributed by atoms with van der Waals surface area (Å²) in [4.78, 5) is 2.24. The van der Waals surface area contributed by atoms with Crippen LogP contribution < -0.4 is 19.7 Å². The molecule has 0 amide bonds. The molecule has 1 aliphatic rings. The maximum Gasteiger partial charge on any atom is 0.180 e. The lowest BCUT2D eigenvalue weighted by molar-refractivity contribution is 0.122. The van der Waals surface area contributed by atoms with Gasteiger partial charge in [-0.15, -0.1) is 0 Å². The van der Waals surface area contributed by atoms with Gasteiger partial charge in [0.2, 0.25) is 0 Å². The van der Waals surface area contributed by atoms with Gasteiger partial charge in [0.1, 0.15) is 6.61 Å². The third kappa shape index (κ3) is 6.81. The molecule has 1 heterocycles. The Balaban J connectivity index is 1.45. The maximum absolute atomic E-state index is 6.59. The molecule has 3 aromatic rings. The molecule has 0 aliphatic carbocycles. The molecule has 0 saturated carbocycles. The molecule has 1 N–H and O–H groups in total. The summed E-state index contributed by atoms with van der Waals surface area (Å²) in [5, 5.41) is 5.67. The zero-order valence-electron chi connectivity index (χ0n) is 19.3. The molecular weight excluding hydrogens is 530 g/mol. The summed E-state index contributed by atoms with van der Waals surface area (Å²) >= 11 is 25.4. The third-order valence-corrected chi connectivity index (χ3v) is 6.72. The number of benzene rings is 3. The van der Waals surface area contributed by atoms with Crippen LogP contribution >= 0.6 is 46.4 Å². The lowest BCUT2D eigenvalue weighted by Gasteiger charge is -2.29. The van der Waals surface area contributed by atoms with Crippen molar-refractivity contribution in [1.82, 2.24) is 0 Å². The summed E-state index contributed by atoms with van der Waals surface area (Å²) in [6.07, 6.45) is 0. The number of hydrogen-bond acceptors (Lipinski definition) is 5. The van der Waals surface area contributed by atoms with E-state index in [-0.39, 0.29) is 6.61 Å². The summed E-state index contributed by atoms with van der Waals surface area (Å²) in [5.41, 5.74) is 3.68. The minimum Gasteiger partial charge on any atom is -0.490 e. The van der Waals surface area contributed by atoms with Crippen molar-refractivity contribution in [2.45, 2.75) is 20.1 Å². The lowest BCUT2D eigenvalue weighted by Crippen LogP contribution is -2.36. The second-order valence-corrected chi connectivity index (χ2v) is 9.64. The van der Waals surface area contributed by atoms with E-state index in [9.17, 15) is 0 Å². The Morgan fingerprint density at radius 1 is 0.886 bits per heavy atom. The molecule has 0 bridgehead atoms. The van der Waals surface area contributed by atoms with E-state index in [2.05, 4.69) is 10.2 Å². The van der Waals surface area contributed by atoms with E-state index in [0.717, 1.165) is 35.6 Å². The van der Waals surface area contributed by atoms with Crippen LogP contribution in [0.3, 0.4) is 0 Å². The second kappa shape index (κ2) is 12.3. The molecule has 0 aromatic heterocycles. The van der Waals surface area contributed by atoms with Gasteiger partial charge in [0.25, 0.3) is 0 Å². The Hall–Kier alpha value is -2.02. The van der Waals surface area contributed by atoms with Crippen LogP contribution in [-0.4, -0.2) is 32.9 Å². The second-order valence-electron chi connectivity index (χ2n) is 7.98. The van der Waals surface area contributed by atoms with Crippen LogP contribution in [0.15, 0.2) is 48.5 Å². The Kier molecular flexibility index (Phi) is 9.15. The molecule has 0 spiro atoms. The quantitative estimate of drug-likeness (QED) is 0.292. The van der Waals surface area contributed by atoms with Gasteiger partial charge in [-0.1, -0.05) is 52.5 Å². The molecule has 5 nitrogen and oxygen atoms in total. The van der Waals surface area contributed by atoms with Crippen molar-refractivity contribution in [2.75, 3.05) is 43.1 Å². The van der Waals surface area contributed by atoms with Crippen LogP contribution in [0.5, 0.6) is 11.5 Å². The molecule has 1 fully saturated rings. The number of anilines is 2. The van der Waals surface area contributed by atoms with Gasteiger partial charge < -0.3 is 24.4 Å². The standard InChI is InChI=1S/C26H26Cl4N2O3/c1-2-34-25-12-17(11-23(30)26(25)35-16-18-3-4-19(27)13-21(18)28)15-31-20-5-6-24(22(29)14-20)32-7-9-33-10-8-32/h3-6,11-14,31H,2,7-10,15-16H2,1H3. The smallest absolute Gasteiger partial charge is 0.180 e. The number of ether oxygens (including phenoxy) is 3. The van der Waals surface area contributed by atoms with Crippen molar-refractivity contribution in [1.29, 1.82) is 0 Å². The van der Waals surface area contributed by atoms with E-state index in [4.69, 9.17) is 60.6 Å². The Morgan fingerprint density at radius 3 is 2.40 bits per heavy atom. The molecule has 3 aromatic carbocycles. The molecule has 35 heavy (non-hydrogen) atoms. The average molecular weight is 556 g/mol. The Labute approximate surface area is 225 Å². The van der Waals surface area contributed by atoms with E-state index in [1.807, 2.05) is 43.3 Å². The van der Waals surface area contributed by atoms with Gasteiger partial charge in [-0.2, -0.15) is 0 Å². The molecule has 1 aliphatic heterocycles. The first-order chi connectivity index (χ1) is 16.9. The lowest BCUT2D eigenvalue weighted by atomic mass is 10.1. The van der Waals surface area contributed by atoms with E-state index in [0.29, 0.717) is 58.0 Å². The van der Waals surface area contributed by atoms with Crippen LogP contribution in [0, 0.1) is 0 Å². The van der Waals surface area contributed by atoms with Gasteiger partial charge in [0.15, 0.2) is 11.5 Å². The highest BCUT2D eigenvalue weighted by Crippen LogP contribution is 2.38. The number of nitrogens with zero attached hydrogens (tertiary/aromatic N) is 1. The van der Waals surface area contributed by atoms with Crippen molar-refractivity contribution in [3.63, 3.8) is 0 Å². The normalized spacial score (nSPS) is 13.6. The highest BCUT2D eigenvalue weighted by atomic mass is 35.5. The third-order valence-electron chi connectivity index (χ3n) is 5.55. The number of morpholine rings is 1. The van der Waals surface area contributed by atoms with Crippen molar-refractivity contribution in [3.8, 4) is 11.5 Å². The fraction of sp³-hybridized carbons (Fsp3) is 0.308. The van der Waals surface area contributed by atoms with Crippen LogP contribution in [-0.2, 0) is 17.9 Å². The van der Waals surface area contributed by atoms with Crippen molar-refractivity contribution in [3.05, 3.63) is 79.7 Å². The zero-order chi connectivity index (χ0) is 24.8. The minimum absolute atomic E-state index is 0.237. The SMILES string of the molecule is CCOc1cc(CNc2ccc(N3CCOCC3)c(Cl)c2)cc(Cl)c1OCc1ccc(Cl)cc1Cl. The highest BCUT2D eigenvalue weighted by molar-refractivity contribution is 6.35. The first kappa shape index (κ1) is 26.1. The fourth-order valence-corrected chi connectivity index (χ4v) is 4.85. The maximum atomic E-state index is 6.59. The molecule has 4 rings (SSSR count). The summed E-state index contributed by atoms with van der Waals surface area (Å²) in [6, 6.07) is 15.1. The predicted molar refractivity (Wildman–Crippen MR) is 145 cm³/mol. The van der Waals surface area contributed by atoms with Gasteiger partial charge in [0.05, 0.1) is 35.6 Å². The minimum atomic E-state index is 0.237. The van der Waals surface area contributed by atoms with Crippen molar-refractivity contribution in [2.24, 2.45) is 0 Å². The molecule has 0 unspecified atom stereocenters. The first-order valence-electron chi connectivity index (χ1n) is 11.3. The monoisotopic (exact) mass is 554 g/mol. The summed E-state index contributed by atoms with van der Waals surface area (Å²) in [5.74, 6) is 1.05. The average Bonchev–Trinajstić information content (AvgIpc) is 2.84. The van der Waals surface area contributed by atoms with Crippen LogP contribution in [0.4, 0.5) is 11.4 Å². The number of rotatable bonds is 9. The van der Waals surface area contributed by atoms with Crippen LogP contribution in [0.2, 0.25) is 20.1 Å². The molecule has 0 atom stereocenters. The van der Waals surface area contributed by atoms with Crippen molar-refractivity contribution >= 4 is 57.8 Å². The largest absolute Gasteiger partial charge is 0.490 e. The van der Waals surface area contributed by atoms with E-state index in [1.165, 1.54) is 0 Å². The molecular formula is C26H26Cl4N2O3. The van der Waals surface area contributed by atoms with Gasteiger partial charge in [-0.25, -0.2) is 0 Å².